The molecule has 0 saturated heterocycles. The Hall–Kier alpha value is -2.69. The van der Waals surface area contributed by atoms with E-state index in [0.717, 1.165) is 12.8 Å². The van der Waals surface area contributed by atoms with Crippen molar-refractivity contribution in [2.75, 3.05) is 6.54 Å². The summed E-state index contributed by atoms with van der Waals surface area (Å²) in [5.74, 6) is -1.60. The molecule has 3 rings (SSSR count). The van der Waals surface area contributed by atoms with Gasteiger partial charge in [0.15, 0.2) is 0 Å². The van der Waals surface area contributed by atoms with Crippen LogP contribution in [0.15, 0.2) is 54.6 Å². The quantitative estimate of drug-likeness (QED) is 0.796. The van der Waals surface area contributed by atoms with Crippen molar-refractivity contribution in [3.05, 3.63) is 71.5 Å². The highest BCUT2D eigenvalue weighted by molar-refractivity contribution is 5.80. The molecule has 0 bridgehead atoms. The van der Waals surface area contributed by atoms with Crippen LogP contribution < -0.4 is 5.32 Å². The van der Waals surface area contributed by atoms with E-state index in [9.17, 15) is 19.1 Å². The van der Waals surface area contributed by atoms with E-state index >= 15 is 0 Å². The van der Waals surface area contributed by atoms with Gasteiger partial charge in [0.25, 0.3) is 0 Å². The minimum Gasteiger partial charge on any atom is -0.481 e. The Balaban J connectivity index is 1.46. The molecule has 0 aliphatic heterocycles. The number of carboxylic acid groups (broad SMARTS) is 1. The Labute approximate surface area is 152 Å². The van der Waals surface area contributed by atoms with Crippen LogP contribution in [0.1, 0.15) is 42.2 Å². The molecule has 4 nitrogen and oxygen atoms in total. The summed E-state index contributed by atoms with van der Waals surface area (Å²) >= 11 is 0. The lowest BCUT2D eigenvalue weighted by Gasteiger charge is -2.35. The number of carbonyl (C=O) groups excluding carboxylic acids is 1. The van der Waals surface area contributed by atoms with Crippen LogP contribution in [0, 0.1) is 11.7 Å². The fraction of sp³-hybridized carbons (Fsp3) is 0.333. The molecule has 1 amide bonds. The van der Waals surface area contributed by atoms with Crippen LogP contribution in [-0.4, -0.2) is 23.5 Å². The Kier molecular flexibility index (Phi) is 5.66. The molecule has 1 fully saturated rings. The smallest absolute Gasteiger partial charge is 0.312 e. The summed E-state index contributed by atoms with van der Waals surface area (Å²) < 4.78 is 13.0. The van der Waals surface area contributed by atoms with Gasteiger partial charge in [0, 0.05) is 13.0 Å². The summed E-state index contributed by atoms with van der Waals surface area (Å²) in [6.45, 7) is 0.00856. The molecule has 5 heteroatoms. The zero-order valence-electron chi connectivity index (χ0n) is 14.4. The second-order valence-corrected chi connectivity index (χ2v) is 6.90. The Morgan fingerprint density at radius 3 is 2.35 bits per heavy atom. The molecule has 1 atom stereocenters. The minimum atomic E-state index is -1.04. The van der Waals surface area contributed by atoms with Gasteiger partial charge in [0.2, 0.25) is 5.91 Å². The van der Waals surface area contributed by atoms with Gasteiger partial charge in [-0.1, -0.05) is 42.5 Å². The third-order valence-electron chi connectivity index (χ3n) is 5.05. The molecule has 1 aliphatic rings. The van der Waals surface area contributed by atoms with Crippen molar-refractivity contribution >= 4 is 11.9 Å². The fourth-order valence-electron chi connectivity index (χ4n) is 3.49. The van der Waals surface area contributed by atoms with E-state index in [-0.39, 0.29) is 12.5 Å². The monoisotopic (exact) mass is 355 g/mol. The van der Waals surface area contributed by atoms with Crippen molar-refractivity contribution in [2.45, 2.75) is 31.1 Å². The van der Waals surface area contributed by atoms with E-state index in [1.807, 2.05) is 18.2 Å². The number of hydrogen-bond donors (Lipinski definition) is 2. The van der Waals surface area contributed by atoms with Crippen LogP contribution in [0.25, 0.3) is 0 Å². The van der Waals surface area contributed by atoms with Crippen molar-refractivity contribution in [2.24, 2.45) is 5.92 Å². The van der Waals surface area contributed by atoms with Gasteiger partial charge < -0.3 is 10.4 Å². The Morgan fingerprint density at radius 1 is 1.08 bits per heavy atom. The normalized spacial score (nSPS) is 20.0. The van der Waals surface area contributed by atoms with Gasteiger partial charge in [0.05, 0.1) is 5.92 Å². The molecular formula is C21H22FNO3. The largest absolute Gasteiger partial charge is 0.481 e. The SMILES string of the molecule is O=C(CC1CC(c2ccccc2)C1)NCC(C(=O)O)c1ccc(F)cc1. The molecule has 26 heavy (non-hydrogen) atoms. The fourth-order valence-corrected chi connectivity index (χ4v) is 3.49. The van der Waals surface area contributed by atoms with E-state index in [1.54, 1.807) is 0 Å². The zero-order chi connectivity index (χ0) is 18.5. The molecule has 2 aromatic carbocycles. The number of carbonyl (C=O) groups is 2. The second-order valence-electron chi connectivity index (χ2n) is 6.90. The average molecular weight is 355 g/mol. The average Bonchev–Trinajstić information content (AvgIpc) is 2.60. The van der Waals surface area contributed by atoms with Gasteiger partial charge in [-0.25, -0.2) is 4.39 Å². The van der Waals surface area contributed by atoms with Crippen molar-refractivity contribution < 1.29 is 19.1 Å². The second kappa shape index (κ2) is 8.13. The first-order valence-corrected chi connectivity index (χ1v) is 8.83. The van der Waals surface area contributed by atoms with Gasteiger partial charge in [-0.05, 0) is 47.9 Å². The maximum Gasteiger partial charge on any atom is 0.312 e. The number of rotatable bonds is 7. The van der Waals surface area contributed by atoms with Crippen LogP contribution >= 0.6 is 0 Å². The molecule has 0 aromatic heterocycles. The summed E-state index contributed by atoms with van der Waals surface area (Å²) in [5, 5.41) is 12.1. The third-order valence-corrected chi connectivity index (χ3v) is 5.05. The van der Waals surface area contributed by atoms with Crippen LogP contribution in [0.2, 0.25) is 0 Å². The van der Waals surface area contributed by atoms with E-state index in [0.29, 0.717) is 23.8 Å². The maximum atomic E-state index is 13.0. The predicted octanol–water partition coefficient (Wildman–Crippen LogP) is 3.69. The van der Waals surface area contributed by atoms with Crippen LogP contribution in [0.4, 0.5) is 4.39 Å². The van der Waals surface area contributed by atoms with Crippen molar-refractivity contribution in [1.29, 1.82) is 0 Å². The zero-order valence-corrected chi connectivity index (χ0v) is 14.4. The summed E-state index contributed by atoms with van der Waals surface area (Å²) in [4.78, 5) is 23.6. The number of aliphatic carboxylic acids is 1. The lowest BCUT2D eigenvalue weighted by Crippen LogP contribution is -2.34. The van der Waals surface area contributed by atoms with Crippen molar-refractivity contribution in [1.82, 2.24) is 5.32 Å². The molecule has 2 N–H and O–H groups in total. The summed E-state index contributed by atoms with van der Waals surface area (Å²) in [6, 6.07) is 15.6. The third kappa shape index (κ3) is 4.48. The number of hydrogen-bond acceptors (Lipinski definition) is 2. The lowest BCUT2D eigenvalue weighted by atomic mass is 9.70. The lowest BCUT2D eigenvalue weighted by molar-refractivity contribution is -0.138. The molecule has 1 unspecified atom stereocenters. The van der Waals surface area contributed by atoms with E-state index in [1.165, 1.54) is 29.8 Å². The highest BCUT2D eigenvalue weighted by Gasteiger charge is 2.31. The van der Waals surface area contributed by atoms with Crippen LogP contribution in [-0.2, 0) is 9.59 Å². The molecule has 136 valence electrons. The first-order chi connectivity index (χ1) is 12.5. The standard InChI is InChI=1S/C21H22FNO3/c22-18-8-6-16(7-9-18)19(21(25)26)13-23-20(24)12-14-10-17(11-14)15-4-2-1-3-5-15/h1-9,14,17,19H,10-13H2,(H,23,24)(H,25,26). The molecule has 0 spiro atoms. The number of halogens is 1. The summed E-state index contributed by atoms with van der Waals surface area (Å²) in [6.07, 6.45) is 2.38. The first kappa shape index (κ1) is 18.1. The van der Waals surface area contributed by atoms with Gasteiger partial charge in [0.1, 0.15) is 5.82 Å². The van der Waals surface area contributed by atoms with Gasteiger partial charge >= 0.3 is 5.97 Å². The van der Waals surface area contributed by atoms with E-state index in [2.05, 4.69) is 17.4 Å². The van der Waals surface area contributed by atoms with Crippen LogP contribution in [0.3, 0.4) is 0 Å². The molecular weight excluding hydrogens is 333 g/mol. The number of benzene rings is 2. The highest BCUT2D eigenvalue weighted by atomic mass is 19.1. The minimum absolute atomic E-state index is 0.00856. The topological polar surface area (TPSA) is 66.4 Å². The predicted molar refractivity (Wildman–Crippen MR) is 96.3 cm³/mol. The molecule has 0 radical (unpaired) electrons. The van der Waals surface area contributed by atoms with Gasteiger partial charge in [-0.2, -0.15) is 0 Å². The van der Waals surface area contributed by atoms with Gasteiger partial charge in [-0.3, -0.25) is 9.59 Å². The summed E-state index contributed by atoms with van der Waals surface area (Å²) in [7, 11) is 0. The number of carboxylic acids is 1. The molecule has 2 aromatic rings. The maximum absolute atomic E-state index is 13.0. The highest BCUT2D eigenvalue weighted by Crippen LogP contribution is 2.43. The first-order valence-electron chi connectivity index (χ1n) is 8.83. The van der Waals surface area contributed by atoms with Crippen molar-refractivity contribution in [3.8, 4) is 0 Å². The Morgan fingerprint density at radius 2 is 1.73 bits per heavy atom. The molecule has 1 saturated carbocycles. The number of nitrogens with one attached hydrogen (secondary N) is 1. The van der Waals surface area contributed by atoms with Crippen molar-refractivity contribution in [3.63, 3.8) is 0 Å². The van der Waals surface area contributed by atoms with E-state index < -0.39 is 17.7 Å². The van der Waals surface area contributed by atoms with Crippen LogP contribution in [0.5, 0.6) is 0 Å². The van der Waals surface area contributed by atoms with Gasteiger partial charge in [-0.15, -0.1) is 0 Å². The number of amides is 1. The summed E-state index contributed by atoms with van der Waals surface area (Å²) in [5.41, 5.74) is 1.79. The molecule has 1 aliphatic carbocycles. The molecule has 0 heterocycles. The Bertz CT molecular complexity index is 755. The van der Waals surface area contributed by atoms with E-state index in [4.69, 9.17) is 0 Å².